The fourth-order valence-electron chi connectivity index (χ4n) is 2.29. The highest BCUT2D eigenvalue weighted by Gasteiger charge is 2.09. The third-order valence-electron chi connectivity index (χ3n) is 3.51. The summed E-state index contributed by atoms with van der Waals surface area (Å²) in [7, 11) is 0. The molecular formula is C18H22N2O. The van der Waals surface area contributed by atoms with E-state index in [2.05, 4.69) is 23.6 Å². The fourth-order valence-corrected chi connectivity index (χ4v) is 2.29. The zero-order chi connectivity index (χ0) is 15.1. The average molecular weight is 282 g/mol. The molecule has 2 aromatic carbocycles. The van der Waals surface area contributed by atoms with Crippen LogP contribution in [-0.4, -0.2) is 12.5 Å². The van der Waals surface area contributed by atoms with Crippen LogP contribution in [0.5, 0.6) is 0 Å². The second kappa shape index (κ2) is 7.48. The van der Waals surface area contributed by atoms with Crippen molar-refractivity contribution in [3.05, 3.63) is 65.7 Å². The minimum absolute atomic E-state index is 0.00254. The number of amides is 1. The molecule has 0 aliphatic heterocycles. The number of hydrogen-bond acceptors (Lipinski definition) is 2. The van der Waals surface area contributed by atoms with E-state index in [0.29, 0.717) is 0 Å². The average Bonchev–Trinajstić information content (AvgIpc) is 2.54. The van der Waals surface area contributed by atoms with E-state index in [1.54, 1.807) is 0 Å². The van der Waals surface area contributed by atoms with Gasteiger partial charge >= 0.3 is 0 Å². The Balaban J connectivity index is 1.88. The molecule has 2 aromatic rings. The molecule has 3 nitrogen and oxygen atoms in total. The molecule has 0 heterocycles. The first-order valence-corrected chi connectivity index (χ1v) is 7.36. The Hall–Kier alpha value is -2.29. The molecule has 0 fully saturated rings. The highest BCUT2D eigenvalue weighted by atomic mass is 16.1. The smallest absolute Gasteiger partial charge is 0.239 e. The van der Waals surface area contributed by atoms with Gasteiger partial charge in [-0.2, -0.15) is 0 Å². The topological polar surface area (TPSA) is 41.1 Å². The van der Waals surface area contributed by atoms with E-state index in [4.69, 9.17) is 0 Å². The predicted octanol–water partition coefficient (Wildman–Crippen LogP) is 3.54. The predicted molar refractivity (Wildman–Crippen MR) is 87.3 cm³/mol. The maximum Gasteiger partial charge on any atom is 0.239 e. The lowest BCUT2D eigenvalue weighted by Gasteiger charge is -2.15. The van der Waals surface area contributed by atoms with E-state index >= 15 is 0 Å². The van der Waals surface area contributed by atoms with Gasteiger partial charge in [-0.1, -0.05) is 55.5 Å². The van der Waals surface area contributed by atoms with Crippen molar-refractivity contribution >= 4 is 11.6 Å². The van der Waals surface area contributed by atoms with Crippen molar-refractivity contribution in [2.24, 2.45) is 0 Å². The molecule has 1 unspecified atom stereocenters. The number of aryl methyl sites for hydroxylation is 1. The monoisotopic (exact) mass is 282 g/mol. The summed E-state index contributed by atoms with van der Waals surface area (Å²) in [6, 6.07) is 18.1. The van der Waals surface area contributed by atoms with E-state index in [0.717, 1.165) is 17.7 Å². The summed E-state index contributed by atoms with van der Waals surface area (Å²) in [4.78, 5) is 12.0. The fraction of sp³-hybridized carbons (Fsp3) is 0.278. The van der Waals surface area contributed by atoms with Gasteiger partial charge in [-0.3, -0.25) is 4.79 Å². The summed E-state index contributed by atoms with van der Waals surface area (Å²) in [5, 5.41) is 6.21. The zero-order valence-corrected chi connectivity index (χ0v) is 12.6. The largest absolute Gasteiger partial charge is 0.376 e. The van der Waals surface area contributed by atoms with E-state index in [9.17, 15) is 4.79 Å². The van der Waals surface area contributed by atoms with Crippen molar-refractivity contribution < 1.29 is 4.79 Å². The number of nitrogens with one attached hydrogen (secondary N) is 2. The normalized spacial score (nSPS) is 11.7. The molecular weight excluding hydrogens is 260 g/mol. The molecule has 0 saturated carbocycles. The quantitative estimate of drug-likeness (QED) is 0.851. The number of anilines is 1. The molecule has 0 aliphatic rings. The Morgan fingerprint density at radius 3 is 2.43 bits per heavy atom. The molecule has 0 radical (unpaired) electrons. The van der Waals surface area contributed by atoms with Crippen LogP contribution in [0.3, 0.4) is 0 Å². The van der Waals surface area contributed by atoms with Crippen LogP contribution >= 0.6 is 0 Å². The Morgan fingerprint density at radius 2 is 1.71 bits per heavy atom. The summed E-state index contributed by atoms with van der Waals surface area (Å²) < 4.78 is 0. The molecule has 0 bridgehead atoms. The van der Waals surface area contributed by atoms with Gasteiger partial charge in [0.1, 0.15) is 0 Å². The first kappa shape index (κ1) is 15.1. The van der Waals surface area contributed by atoms with Gasteiger partial charge in [-0.05, 0) is 30.5 Å². The summed E-state index contributed by atoms with van der Waals surface area (Å²) >= 11 is 0. The van der Waals surface area contributed by atoms with Crippen LogP contribution in [0.2, 0.25) is 0 Å². The number of benzene rings is 2. The molecule has 1 amide bonds. The standard InChI is InChI=1S/C18H22N2O/c1-3-15-9-7-8-12-17(15)19-13-18(21)20-14(2)16-10-5-4-6-11-16/h4-12,14,19H,3,13H2,1-2H3,(H,20,21). The molecule has 110 valence electrons. The SMILES string of the molecule is CCc1ccccc1NCC(=O)NC(C)c1ccccc1. The number of para-hydroxylation sites is 1. The lowest BCUT2D eigenvalue weighted by molar-refractivity contribution is -0.120. The second-order valence-electron chi connectivity index (χ2n) is 5.06. The summed E-state index contributed by atoms with van der Waals surface area (Å²) in [6.45, 7) is 4.39. The summed E-state index contributed by atoms with van der Waals surface area (Å²) in [5.74, 6) is -0.00254. The third-order valence-corrected chi connectivity index (χ3v) is 3.51. The first-order valence-electron chi connectivity index (χ1n) is 7.36. The van der Waals surface area contributed by atoms with Gasteiger partial charge < -0.3 is 10.6 Å². The van der Waals surface area contributed by atoms with Gasteiger partial charge in [0, 0.05) is 5.69 Å². The van der Waals surface area contributed by atoms with Gasteiger partial charge in [-0.25, -0.2) is 0 Å². The van der Waals surface area contributed by atoms with Gasteiger partial charge in [0.2, 0.25) is 5.91 Å². The van der Waals surface area contributed by atoms with Crippen LogP contribution in [0.25, 0.3) is 0 Å². The molecule has 1 atom stereocenters. The van der Waals surface area contributed by atoms with Crippen LogP contribution in [0.1, 0.15) is 31.0 Å². The van der Waals surface area contributed by atoms with Crippen molar-refractivity contribution in [1.82, 2.24) is 5.32 Å². The lowest BCUT2D eigenvalue weighted by Crippen LogP contribution is -2.32. The third kappa shape index (κ3) is 4.35. The number of rotatable bonds is 6. The Bertz CT molecular complexity index is 581. The molecule has 2 N–H and O–H groups in total. The maximum absolute atomic E-state index is 12.0. The Labute approximate surface area is 126 Å². The summed E-state index contributed by atoms with van der Waals surface area (Å²) in [6.07, 6.45) is 0.950. The van der Waals surface area contributed by atoms with Crippen LogP contribution in [0.4, 0.5) is 5.69 Å². The van der Waals surface area contributed by atoms with Gasteiger partial charge in [0.05, 0.1) is 12.6 Å². The van der Waals surface area contributed by atoms with E-state index < -0.39 is 0 Å². The molecule has 0 aromatic heterocycles. The Kier molecular flexibility index (Phi) is 5.38. The van der Waals surface area contributed by atoms with E-state index in [1.165, 1.54) is 5.56 Å². The molecule has 2 rings (SSSR count). The second-order valence-corrected chi connectivity index (χ2v) is 5.06. The first-order chi connectivity index (χ1) is 10.2. The summed E-state index contributed by atoms with van der Waals surface area (Å²) in [5.41, 5.74) is 3.36. The van der Waals surface area contributed by atoms with Crippen LogP contribution < -0.4 is 10.6 Å². The minimum atomic E-state index is -0.00254. The van der Waals surface area contributed by atoms with Crippen molar-refractivity contribution in [3.8, 4) is 0 Å². The van der Waals surface area contributed by atoms with Crippen molar-refractivity contribution in [3.63, 3.8) is 0 Å². The Morgan fingerprint density at radius 1 is 1.05 bits per heavy atom. The molecule has 21 heavy (non-hydrogen) atoms. The minimum Gasteiger partial charge on any atom is -0.376 e. The number of carbonyl (C=O) groups is 1. The molecule has 3 heteroatoms. The van der Waals surface area contributed by atoms with Gasteiger partial charge in [0.15, 0.2) is 0 Å². The van der Waals surface area contributed by atoms with Crippen LogP contribution in [0, 0.1) is 0 Å². The van der Waals surface area contributed by atoms with E-state index in [1.807, 2.05) is 55.5 Å². The van der Waals surface area contributed by atoms with Gasteiger partial charge in [0.25, 0.3) is 0 Å². The maximum atomic E-state index is 12.0. The van der Waals surface area contributed by atoms with Gasteiger partial charge in [-0.15, -0.1) is 0 Å². The van der Waals surface area contributed by atoms with Crippen molar-refractivity contribution in [1.29, 1.82) is 0 Å². The molecule has 0 aliphatic carbocycles. The number of carbonyl (C=O) groups excluding carboxylic acids is 1. The highest BCUT2D eigenvalue weighted by molar-refractivity contribution is 5.81. The van der Waals surface area contributed by atoms with Crippen LogP contribution in [-0.2, 0) is 11.2 Å². The van der Waals surface area contributed by atoms with E-state index in [-0.39, 0.29) is 18.5 Å². The van der Waals surface area contributed by atoms with Crippen molar-refractivity contribution in [2.45, 2.75) is 26.3 Å². The molecule has 0 spiro atoms. The number of hydrogen-bond donors (Lipinski definition) is 2. The van der Waals surface area contributed by atoms with Crippen molar-refractivity contribution in [2.75, 3.05) is 11.9 Å². The molecule has 0 saturated heterocycles. The lowest BCUT2D eigenvalue weighted by atomic mass is 10.1. The highest BCUT2D eigenvalue weighted by Crippen LogP contribution is 2.15. The zero-order valence-electron chi connectivity index (χ0n) is 12.6. The van der Waals surface area contributed by atoms with Crippen LogP contribution in [0.15, 0.2) is 54.6 Å².